The van der Waals surface area contributed by atoms with Crippen molar-refractivity contribution in [2.24, 2.45) is 0 Å². The second-order valence-electron chi connectivity index (χ2n) is 6.65. The zero-order chi connectivity index (χ0) is 21.3. The number of ketones is 1. The first-order chi connectivity index (χ1) is 14.5. The topological polar surface area (TPSA) is 116 Å². The SMILES string of the molecule is O=C(CC(=O)c1nc2ccccc2[nH]1)NCCNCC(O)COc1ccccc1Cl. The largest absolute Gasteiger partial charge is 0.489 e. The predicted molar refractivity (Wildman–Crippen MR) is 114 cm³/mol. The molecule has 3 rings (SSSR count). The molecule has 0 radical (unpaired) electrons. The fraction of sp³-hybridized carbons (Fsp3) is 0.286. The summed E-state index contributed by atoms with van der Waals surface area (Å²) in [7, 11) is 0. The minimum absolute atomic E-state index is 0.0924. The van der Waals surface area contributed by atoms with Gasteiger partial charge in [0.15, 0.2) is 5.82 Å². The number of rotatable bonds is 11. The lowest BCUT2D eigenvalue weighted by Crippen LogP contribution is -2.37. The Kier molecular flexibility index (Phi) is 7.78. The third-order valence-corrected chi connectivity index (χ3v) is 4.56. The van der Waals surface area contributed by atoms with Crippen LogP contribution in [0.1, 0.15) is 17.0 Å². The van der Waals surface area contributed by atoms with Gasteiger partial charge in [0, 0.05) is 19.6 Å². The Morgan fingerprint density at radius 2 is 1.90 bits per heavy atom. The predicted octanol–water partition coefficient (Wildman–Crippen LogP) is 1.93. The monoisotopic (exact) mass is 430 g/mol. The number of carbonyl (C=O) groups is 2. The molecule has 4 N–H and O–H groups in total. The van der Waals surface area contributed by atoms with Gasteiger partial charge in [-0.15, -0.1) is 0 Å². The second-order valence-corrected chi connectivity index (χ2v) is 7.06. The van der Waals surface area contributed by atoms with Gasteiger partial charge >= 0.3 is 0 Å². The van der Waals surface area contributed by atoms with E-state index in [9.17, 15) is 14.7 Å². The number of nitrogens with one attached hydrogen (secondary N) is 3. The van der Waals surface area contributed by atoms with Crippen LogP contribution in [0.15, 0.2) is 48.5 Å². The number of fused-ring (bicyclic) bond motifs is 1. The van der Waals surface area contributed by atoms with Crippen molar-refractivity contribution in [1.82, 2.24) is 20.6 Å². The number of hydrogen-bond acceptors (Lipinski definition) is 6. The van der Waals surface area contributed by atoms with Gasteiger partial charge in [-0.1, -0.05) is 35.9 Å². The third kappa shape index (κ3) is 6.28. The molecule has 158 valence electrons. The third-order valence-electron chi connectivity index (χ3n) is 4.25. The number of benzene rings is 2. The van der Waals surface area contributed by atoms with Crippen LogP contribution in [-0.4, -0.2) is 59.1 Å². The van der Waals surface area contributed by atoms with E-state index in [1.165, 1.54) is 0 Å². The average molecular weight is 431 g/mol. The number of halogens is 1. The molecule has 1 unspecified atom stereocenters. The highest BCUT2D eigenvalue weighted by Crippen LogP contribution is 2.23. The van der Waals surface area contributed by atoms with Crippen molar-refractivity contribution in [1.29, 1.82) is 0 Å². The molecule has 8 nitrogen and oxygen atoms in total. The molecule has 0 saturated carbocycles. The molecule has 1 heterocycles. The number of para-hydroxylation sites is 3. The smallest absolute Gasteiger partial charge is 0.228 e. The lowest BCUT2D eigenvalue weighted by molar-refractivity contribution is -0.120. The van der Waals surface area contributed by atoms with Crippen molar-refractivity contribution in [2.75, 3.05) is 26.2 Å². The van der Waals surface area contributed by atoms with Gasteiger partial charge in [-0.2, -0.15) is 0 Å². The summed E-state index contributed by atoms with van der Waals surface area (Å²) in [6, 6.07) is 14.3. The van der Waals surface area contributed by atoms with Gasteiger partial charge in [-0.05, 0) is 24.3 Å². The Hall–Kier alpha value is -2.94. The normalized spacial score (nSPS) is 11.9. The van der Waals surface area contributed by atoms with Crippen molar-refractivity contribution in [2.45, 2.75) is 12.5 Å². The number of ether oxygens (including phenoxy) is 1. The highest BCUT2D eigenvalue weighted by atomic mass is 35.5. The van der Waals surface area contributed by atoms with Crippen molar-refractivity contribution in [3.8, 4) is 5.75 Å². The van der Waals surface area contributed by atoms with Gasteiger partial charge in [0.2, 0.25) is 11.7 Å². The number of aromatic amines is 1. The number of aliphatic hydroxyl groups is 1. The summed E-state index contributed by atoms with van der Waals surface area (Å²) in [4.78, 5) is 31.2. The molecule has 0 bridgehead atoms. The zero-order valence-electron chi connectivity index (χ0n) is 16.2. The maximum atomic E-state index is 12.2. The molecular formula is C21H23ClN4O4. The Bertz CT molecular complexity index is 974. The molecule has 0 spiro atoms. The summed E-state index contributed by atoms with van der Waals surface area (Å²) in [5, 5.41) is 16.1. The number of nitrogens with zero attached hydrogens (tertiary/aromatic N) is 1. The van der Waals surface area contributed by atoms with Crippen LogP contribution in [0.4, 0.5) is 0 Å². The summed E-state index contributed by atoms with van der Waals surface area (Å²) in [5.74, 6) is -0.0700. The Labute approximate surface area is 178 Å². The lowest BCUT2D eigenvalue weighted by atomic mass is 10.2. The molecule has 30 heavy (non-hydrogen) atoms. The van der Waals surface area contributed by atoms with Gasteiger partial charge in [-0.3, -0.25) is 9.59 Å². The second kappa shape index (κ2) is 10.7. The van der Waals surface area contributed by atoms with Gasteiger partial charge in [0.25, 0.3) is 0 Å². The number of amides is 1. The van der Waals surface area contributed by atoms with E-state index in [0.717, 1.165) is 5.52 Å². The Balaban J connectivity index is 1.30. The first kappa shape index (κ1) is 21.8. The van der Waals surface area contributed by atoms with Crippen LogP contribution in [0, 0.1) is 0 Å². The lowest BCUT2D eigenvalue weighted by Gasteiger charge is -2.14. The van der Waals surface area contributed by atoms with Gasteiger partial charge in [0.1, 0.15) is 18.5 Å². The van der Waals surface area contributed by atoms with Crippen LogP contribution in [0.5, 0.6) is 5.75 Å². The Morgan fingerprint density at radius 3 is 2.70 bits per heavy atom. The van der Waals surface area contributed by atoms with Crippen LogP contribution >= 0.6 is 11.6 Å². The maximum Gasteiger partial charge on any atom is 0.228 e. The number of H-pyrrole nitrogens is 1. The van der Waals surface area contributed by atoms with E-state index in [-0.39, 0.29) is 37.1 Å². The van der Waals surface area contributed by atoms with E-state index < -0.39 is 6.10 Å². The molecule has 0 saturated heterocycles. The van der Waals surface area contributed by atoms with Crippen LogP contribution in [-0.2, 0) is 4.79 Å². The number of carbonyl (C=O) groups excluding carboxylic acids is 2. The van der Waals surface area contributed by atoms with E-state index in [4.69, 9.17) is 16.3 Å². The molecule has 0 aliphatic carbocycles. The number of Topliss-reactive ketones (excluding diaryl/α,β-unsaturated/α-hetero) is 1. The number of aromatic nitrogens is 2. The van der Waals surface area contributed by atoms with Gasteiger partial charge < -0.3 is 25.5 Å². The number of hydrogen-bond donors (Lipinski definition) is 4. The molecule has 0 aliphatic rings. The first-order valence-corrected chi connectivity index (χ1v) is 9.91. The van der Waals surface area contributed by atoms with Gasteiger partial charge in [-0.25, -0.2) is 4.98 Å². The van der Waals surface area contributed by atoms with E-state index in [2.05, 4.69) is 20.6 Å². The van der Waals surface area contributed by atoms with E-state index in [1.807, 2.05) is 18.2 Å². The first-order valence-electron chi connectivity index (χ1n) is 9.53. The molecule has 1 aromatic heterocycles. The molecule has 1 atom stereocenters. The molecule has 0 fully saturated rings. The van der Waals surface area contributed by atoms with Crippen LogP contribution in [0.25, 0.3) is 11.0 Å². The standard InChI is InChI=1S/C21H23ClN4O4/c22-15-5-1-4-8-19(15)30-13-14(27)12-23-9-10-24-20(29)11-18(28)21-25-16-6-2-3-7-17(16)26-21/h1-8,14,23,27H,9-13H2,(H,24,29)(H,25,26). The molecule has 9 heteroatoms. The molecular weight excluding hydrogens is 408 g/mol. The van der Waals surface area contributed by atoms with Crippen molar-refractivity contribution >= 4 is 34.3 Å². The fourth-order valence-corrected chi connectivity index (χ4v) is 2.93. The van der Waals surface area contributed by atoms with Crippen molar-refractivity contribution < 1.29 is 19.4 Å². The molecule has 1 amide bonds. The summed E-state index contributed by atoms with van der Waals surface area (Å²) in [6.45, 7) is 1.14. The minimum atomic E-state index is -0.730. The van der Waals surface area contributed by atoms with Crippen molar-refractivity contribution in [3.63, 3.8) is 0 Å². The highest BCUT2D eigenvalue weighted by molar-refractivity contribution is 6.32. The van der Waals surface area contributed by atoms with Crippen LogP contribution in [0.3, 0.4) is 0 Å². The quantitative estimate of drug-likeness (QED) is 0.210. The summed E-state index contributed by atoms with van der Waals surface area (Å²) in [5.41, 5.74) is 1.44. The average Bonchev–Trinajstić information content (AvgIpc) is 3.17. The minimum Gasteiger partial charge on any atom is -0.489 e. The summed E-state index contributed by atoms with van der Waals surface area (Å²) >= 11 is 5.99. The maximum absolute atomic E-state index is 12.2. The molecule has 2 aromatic carbocycles. The number of imidazole rings is 1. The van der Waals surface area contributed by atoms with Gasteiger partial charge in [0.05, 0.1) is 22.5 Å². The zero-order valence-corrected chi connectivity index (χ0v) is 17.0. The van der Waals surface area contributed by atoms with E-state index in [0.29, 0.717) is 29.4 Å². The summed E-state index contributed by atoms with van der Waals surface area (Å²) in [6.07, 6.45) is -1.01. The van der Waals surface area contributed by atoms with Crippen molar-refractivity contribution in [3.05, 3.63) is 59.4 Å². The molecule has 0 aliphatic heterocycles. The number of aliphatic hydroxyl groups excluding tert-OH is 1. The fourth-order valence-electron chi connectivity index (χ4n) is 2.74. The van der Waals surface area contributed by atoms with Crippen LogP contribution < -0.4 is 15.4 Å². The van der Waals surface area contributed by atoms with Crippen LogP contribution in [0.2, 0.25) is 5.02 Å². The highest BCUT2D eigenvalue weighted by Gasteiger charge is 2.15. The Morgan fingerprint density at radius 1 is 1.13 bits per heavy atom. The van der Waals surface area contributed by atoms with E-state index in [1.54, 1.807) is 30.3 Å². The molecule has 3 aromatic rings. The summed E-state index contributed by atoms with van der Waals surface area (Å²) < 4.78 is 5.46. The van der Waals surface area contributed by atoms with E-state index >= 15 is 0 Å².